The maximum atomic E-state index is 6.53. The van der Waals surface area contributed by atoms with E-state index in [1.807, 2.05) is 18.2 Å². The Morgan fingerprint density at radius 2 is 1.58 bits per heavy atom. The van der Waals surface area contributed by atoms with Gasteiger partial charge in [-0.15, -0.1) is 0 Å². The summed E-state index contributed by atoms with van der Waals surface area (Å²) in [5.74, 6) is 1.12. The lowest BCUT2D eigenvalue weighted by Crippen LogP contribution is -2.29. The fourth-order valence-corrected chi connectivity index (χ4v) is 4.31. The molecular weight excluding hydrogens is 479 g/mol. The van der Waals surface area contributed by atoms with Crippen LogP contribution in [0.5, 0.6) is 11.5 Å². The highest BCUT2D eigenvalue weighted by Crippen LogP contribution is 2.37. The van der Waals surface area contributed by atoms with E-state index in [2.05, 4.69) is 24.1 Å². The van der Waals surface area contributed by atoms with Gasteiger partial charge >= 0.3 is 0 Å². The second-order valence-corrected chi connectivity index (χ2v) is 9.46. The van der Waals surface area contributed by atoms with Crippen LogP contribution in [0, 0.1) is 0 Å². The van der Waals surface area contributed by atoms with E-state index in [0.29, 0.717) is 26.6 Å². The van der Waals surface area contributed by atoms with Crippen LogP contribution in [0.1, 0.15) is 57.1 Å². The minimum Gasteiger partial charge on any atom is -0.493 e. The van der Waals surface area contributed by atoms with Crippen molar-refractivity contribution in [3.63, 3.8) is 0 Å². The quantitative estimate of drug-likeness (QED) is 0.233. The number of unbranched alkanes of at least 4 members (excludes halogenated alkanes) is 2. The number of hydrogen-bond acceptors (Lipinski definition) is 4. The Kier molecular flexibility index (Phi) is 13.3. The molecule has 0 saturated carbocycles. The van der Waals surface area contributed by atoms with E-state index < -0.39 is 0 Å². The summed E-state index contributed by atoms with van der Waals surface area (Å²) in [5.41, 5.74) is 1.89. The summed E-state index contributed by atoms with van der Waals surface area (Å²) in [6.07, 6.45) is 6.16. The Hall–Kier alpha value is -1.17. The van der Waals surface area contributed by atoms with Gasteiger partial charge < -0.3 is 19.7 Å². The van der Waals surface area contributed by atoms with Crippen molar-refractivity contribution in [1.29, 1.82) is 0 Å². The molecule has 0 aliphatic carbocycles. The van der Waals surface area contributed by atoms with Gasteiger partial charge in [0.25, 0.3) is 0 Å². The third kappa shape index (κ3) is 9.92. The molecule has 4 nitrogen and oxygen atoms in total. The van der Waals surface area contributed by atoms with Crippen molar-refractivity contribution in [2.75, 3.05) is 33.3 Å². The first-order chi connectivity index (χ1) is 16.0. The summed E-state index contributed by atoms with van der Waals surface area (Å²) in [5, 5.41) is 5.19. The van der Waals surface area contributed by atoms with Gasteiger partial charge in [0, 0.05) is 22.2 Å². The van der Waals surface area contributed by atoms with Crippen LogP contribution in [-0.4, -0.2) is 38.2 Å². The first-order valence-electron chi connectivity index (χ1n) is 11.8. The zero-order valence-electron chi connectivity index (χ0n) is 20.1. The molecule has 2 rings (SSSR count). The van der Waals surface area contributed by atoms with Crippen LogP contribution >= 0.6 is 34.8 Å². The van der Waals surface area contributed by atoms with Crippen LogP contribution < -0.4 is 14.8 Å². The largest absolute Gasteiger partial charge is 0.493 e. The van der Waals surface area contributed by atoms with E-state index in [9.17, 15) is 0 Å². The highest BCUT2D eigenvalue weighted by atomic mass is 35.5. The van der Waals surface area contributed by atoms with E-state index in [-0.39, 0.29) is 6.61 Å². The van der Waals surface area contributed by atoms with Gasteiger partial charge in [0.15, 0.2) is 11.5 Å². The maximum Gasteiger partial charge on any atom is 0.180 e. The van der Waals surface area contributed by atoms with Crippen molar-refractivity contribution in [2.24, 2.45) is 0 Å². The van der Waals surface area contributed by atoms with E-state index in [0.717, 1.165) is 37.2 Å². The fourth-order valence-electron chi connectivity index (χ4n) is 3.56. The Morgan fingerprint density at radius 1 is 0.879 bits per heavy atom. The molecule has 184 valence electrons. The van der Waals surface area contributed by atoms with Gasteiger partial charge in [0.1, 0.15) is 6.61 Å². The third-order valence-corrected chi connectivity index (χ3v) is 6.36. The molecule has 2 aromatic carbocycles. The minimum atomic E-state index is 0.274. The topological polar surface area (TPSA) is 33.7 Å². The number of hydrogen-bond donors (Lipinski definition) is 1. The molecule has 0 heterocycles. The molecule has 33 heavy (non-hydrogen) atoms. The summed E-state index contributed by atoms with van der Waals surface area (Å²) in [6.45, 7) is 10.0. The van der Waals surface area contributed by atoms with E-state index in [1.165, 1.54) is 38.8 Å². The normalized spacial score (nSPS) is 11.2. The molecular formula is C26H37Cl3N2O2. The molecule has 0 aromatic heterocycles. The molecule has 0 spiro atoms. The van der Waals surface area contributed by atoms with Crippen molar-refractivity contribution >= 4 is 34.8 Å². The molecule has 0 bridgehead atoms. The van der Waals surface area contributed by atoms with Gasteiger partial charge in [0.05, 0.1) is 12.1 Å². The van der Waals surface area contributed by atoms with Gasteiger partial charge in [-0.25, -0.2) is 0 Å². The van der Waals surface area contributed by atoms with Gasteiger partial charge in [-0.1, -0.05) is 67.6 Å². The number of nitrogens with zero attached hydrogens (tertiary/aromatic N) is 1. The molecule has 0 unspecified atom stereocenters. The van der Waals surface area contributed by atoms with Gasteiger partial charge in [-0.2, -0.15) is 0 Å². The lowest BCUT2D eigenvalue weighted by molar-refractivity contribution is 0.261. The number of ether oxygens (including phenoxy) is 2. The first kappa shape index (κ1) is 28.1. The monoisotopic (exact) mass is 514 g/mol. The van der Waals surface area contributed by atoms with Crippen LogP contribution in [0.2, 0.25) is 15.1 Å². The molecule has 0 amide bonds. The Labute approximate surface area is 214 Å². The van der Waals surface area contributed by atoms with Crippen LogP contribution in [0.4, 0.5) is 0 Å². The van der Waals surface area contributed by atoms with Crippen LogP contribution in [0.15, 0.2) is 30.3 Å². The third-order valence-electron chi connectivity index (χ3n) is 5.49. The summed E-state index contributed by atoms with van der Waals surface area (Å²) < 4.78 is 11.5. The van der Waals surface area contributed by atoms with E-state index >= 15 is 0 Å². The van der Waals surface area contributed by atoms with Gasteiger partial charge in [0.2, 0.25) is 0 Å². The number of nitrogens with one attached hydrogen (secondary N) is 1. The van der Waals surface area contributed by atoms with Crippen LogP contribution in [-0.2, 0) is 13.2 Å². The highest BCUT2D eigenvalue weighted by Gasteiger charge is 2.13. The minimum absolute atomic E-state index is 0.274. The first-order valence-corrected chi connectivity index (χ1v) is 13.0. The van der Waals surface area contributed by atoms with Crippen LogP contribution in [0.3, 0.4) is 0 Å². The van der Waals surface area contributed by atoms with Gasteiger partial charge in [-0.3, -0.25) is 0 Å². The molecule has 0 aliphatic rings. The predicted molar refractivity (Wildman–Crippen MR) is 141 cm³/mol. The average Bonchev–Trinajstić information content (AvgIpc) is 2.80. The molecule has 0 radical (unpaired) electrons. The number of benzene rings is 2. The predicted octanol–water partition coefficient (Wildman–Crippen LogP) is 7.62. The summed E-state index contributed by atoms with van der Waals surface area (Å²) in [4.78, 5) is 2.59. The lowest BCUT2D eigenvalue weighted by atomic mass is 10.2. The van der Waals surface area contributed by atoms with Crippen molar-refractivity contribution in [3.05, 3.63) is 56.5 Å². The molecule has 0 atom stereocenters. The summed E-state index contributed by atoms with van der Waals surface area (Å²) >= 11 is 18.7. The zero-order valence-corrected chi connectivity index (χ0v) is 22.3. The van der Waals surface area contributed by atoms with Crippen molar-refractivity contribution in [3.8, 4) is 11.5 Å². The highest BCUT2D eigenvalue weighted by molar-refractivity contribution is 6.35. The molecule has 0 aliphatic heterocycles. The maximum absolute atomic E-state index is 6.53. The van der Waals surface area contributed by atoms with Crippen LogP contribution in [0.25, 0.3) is 0 Å². The van der Waals surface area contributed by atoms with Gasteiger partial charge in [-0.05, 0) is 75.3 Å². The SMILES string of the molecule is CCCCN(CCCC)CCCNCc1cc(Cl)c(OCc2ccc(Cl)cc2Cl)c(OC)c1. The van der Waals surface area contributed by atoms with Crippen molar-refractivity contribution in [1.82, 2.24) is 10.2 Å². The number of methoxy groups -OCH3 is 1. The molecule has 0 fully saturated rings. The summed E-state index contributed by atoms with van der Waals surface area (Å²) in [6, 6.07) is 9.21. The molecule has 2 aromatic rings. The smallest absolute Gasteiger partial charge is 0.180 e. The standard InChI is InChI=1S/C26H37Cl3N2O2/c1-4-6-12-31(13-7-5-2)14-8-11-30-18-20-15-24(29)26(25(16-20)32-3)33-19-21-9-10-22(27)17-23(21)28/h9-10,15-17,30H,4-8,11-14,18-19H2,1-3H3. The summed E-state index contributed by atoms with van der Waals surface area (Å²) in [7, 11) is 1.62. The average molecular weight is 516 g/mol. The molecule has 7 heteroatoms. The fraction of sp³-hybridized carbons (Fsp3) is 0.538. The Bertz CT molecular complexity index is 841. The molecule has 1 N–H and O–H groups in total. The Balaban J connectivity index is 1.86. The second kappa shape index (κ2) is 15.7. The number of halogens is 3. The Morgan fingerprint density at radius 3 is 2.21 bits per heavy atom. The van der Waals surface area contributed by atoms with Crippen molar-refractivity contribution < 1.29 is 9.47 Å². The molecule has 0 saturated heterocycles. The second-order valence-electron chi connectivity index (χ2n) is 8.21. The number of rotatable bonds is 16. The van der Waals surface area contributed by atoms with E-state index in [1.54, 1.807) is 19.2 Å². The van der Waals surface area contributed by atoms with Crippen molar-refractivity contribution in [2.45, 2.75) is 59.1 Å². The van der Waals surface area contributed by atoms with E-state index in [4.69, 9.17) is 44.3 Å². The lowest BCUT2D eigenvalue weighted by Gasteiger charge is -2.22. The zero-order chi connectivity index (χ0) is 24.1.